The zero-order valence-corrected chi connectivity index (χ0v) is 23.6. The molecule has 0 spiro atoms. The Hall–Kier alpha value is -3.58. The number of carbonyl (C=O) groups excluding carboxylic acids is 2. The summed E-state index contributed by atoms with van der Waals surface area (Å²) < 4.78 is 32.3. The van der Waals surface area contributed by atoms with Crippen LogP contribution in [0.15, 0.2) is 54.6 Å². The van der Waals surface area contributed by atoms with Gasteiger partial charge in [-0.3, -0.25) is 24.7 Å². The number of carbonyl (C=O) groups is 2. The molecule has 0 unspecified atom stereocenters. The molecule has 2 amide bonds. The predicted octanol–water partition coefficient (Wildman–Crippen LogP) is 2.08. The molecule has 1 aliphatic heterocycles. The van der Waals surface area contributed by atoms with Gasteiger partial charge in [-0.2, -0.15) is 4.31 Å². The maximum Gasteiger partial charge on any atom is 0.262 e. The van der Waals surface area contributed by atoms with Gasteiger partial charge in [0.2, 0.25) is 10.0 Å². The molecule has 1 fully saturated rings. The van der Waals surface area contributed by atoms with Crippen LogP contribution in [0.1, 0.15) is 35.5 Å². The fourth-order valence-electron chi connectivity index (χ4n) is 4.70. The second-order valence-corrected chi connectivity index (χ2v) is 12.5. The molecule has 0 saturated carbocycles. The van der Waals surface area contributed by atoms with Gasteiger partial charge in [-0.05, 0) is 57.2 Å². The first-order chi connectivity index (χ1) is 19.1. The standard InChI is InChI=1S/C28H35N5O6S/c1-19(2)40(37,38)33-14-12-32(13-15-33)26(28(35)31-36)17-29-27(34)21-8-10-23(11-9-21)39-18-22-16-20(3)30-25-7-5-4-6-24(22)25/h4-11,16,19,26,36H,12-15,17-18H2,1-3H3,(H,29,34)(H,31,35)/t26-/m0/s1. The second kappa shape index (κ2) is 12.7. The van der Waals surface area contributed by atoms with Crippen molar-refractivity contribution in [2.75, 3.05) is 32.7 Å². The molecule has 0 aliphatic carbocycles. The highest BCUT2D eigenvalue weighted by molar-refractivity contribution is 7.89. The van der Waals surface area contributed by atoms with E-state index in [9.17, 15) is 23.2 Å². The van der Waals surface area contributed by atoms with Gasteiger partial charge in [-0.15, -0.1) is 0 Å². The highest BCUT2D eigenvalue weighted by atomic mass is 32.2. The second-order valence-electron chi connectivity index (χ2n) is 9.98. The van der Waals surface area contributed by atoms with Crippen molar-refractivity contribution in [1.82, 2.24) is 25.0 Å². The number of sulfonamides is 1. The molecule has 3 N–H and O–H groups in total. The summed E-state index contributed by atoms with van der Waals surface area (Å²) in [6, 6.07) is 15.7. The van der Waals surface area contributed by atoms with Crippen LogP contribution in [0.3, 0.4) is 0 Å². The number of para-hydroxylation sites is 1. The molecule has 11 nitrogen and oxygen atoms in total. The number of aryl methyl sites for hydroxylation is 1. The summed E-state index contributed by atoms with van der Waals surface area (Å²) in [5, 5.41) is 12.5. The highest BCUT2D eigenvalue weighted by Gasteiger charge is 2.34. The smallest absolute Gasteiger partial charge is 0.262 e. The Morgan fingerprint density at radius 3 is 2.38 bits per heavy atom. The average molecular weight is 570 g/mol. The van der Waals surface area contributed by atoms with E-state index in [2.05, 4.69) is 10.3 Å². The first-order valence-corrected chi connectivity index (χ1v) is 14.6. The molecule has 1 saturated heterocycles. The Kier molecular flexibility index (Phi) is 9.36. The van der Waals surface area contributed by atoms with Crippen LogP contribution >= 0.6 is 0 Å². The normalized spacial score (nSPS) is 15.6. The number of rotatable bonds is 10. The third-order valence-electron chi connectivity index (χ3n) is 6.98. The lowest BCUT2D eigenvalue weighted by atomic mass is 10.1. The number of ether oxygens (including phenoxy) is 1. The molecular weight excluding hydrogens is 534 g/mol. The number of hydroxylamine groups is 1. The third kappa shape index (κ3) is 6.76. The van der Waals surface area contributed by atoms with Gasteiger partial charge in [0.15, 0.2) is 0 Å². The van der Waals surface area contributed by atoms with Gasteiger partial charge >= 0.3 is 0 Å². The highest BCUT2D eigenvalue weighted by Crippen LogP contribution is 2.21. The van der Waals surface area contributed by atoms with Crippen molar-refractivity contribution in [2.24, 2.45) is 0 Å². The van der Waals surface area contributed by atoms with Crippen molar-refractivity contribution in [3.63, 3.8) is 0 Å². The van der Waals surface area contributed by atoms with Crippen LogP contribution in [0.5, 0.6) is 5.75 Å². The monoisotopic (exact) mass is 569 g/mol. The molecule has 40 heavy (non-hydrogen) atoms. The Morgan fingerprint density at radius 2 is 1.73 bits per heavy atom. The molecular formula is C28H35N5O6S. The zero-order valence-electron chi connectivity index (χ0n) is 22.8. The van der Waals surface area contributed by atoms with E-state index in [0.29, 0.717) is 17.9 Å². The Morgan fingerprint density at radius 1 is 1.05 bits per heavy atom. The van der Waals surface area contributed by atoms with E-state index >= 15 is 0 Å². The summed E-state index contributed by atoms with van der Waals surface area (Å²) in [5.74, 6) is -0.469. The predicted molar refractivity (Wildman–Crippen MR) is 151 cm³/mol. The van der Waals surface area contributed by atoms with Crippen molar-refractivity contribution in [2.45, 2.75) is 38.7 Å². The minimum absolute atomic E-state index is 0.0606. The van der Waals surface area contributed by atoms with Crippen LogP contribution in [0.4, 0.5) is 0 Å². The van der Waals surface area contributed by atoms with Crippen molar-refractivity contribution in [1.29, 1.82) is 0 Å². The van der Waals surface area contributed by atoms with E-state index in [1.54, 1.807) is 48.5 Å². The number of amides is 2. The minimum atomic E-state index is -3.40. The Balaban J connectivity index is 1.34. The van der Waals surface area contributed by atoms with E-state index in [-0.39, 0.29) is 38.6 Å². The van der Waals surface area contributed by atoms with E-state index in [4.69, 9.17) is 4.74 Å². The summed E-state index contributed by atoms with van der Waals surface area (Å²) in [5.41, 5.74) is 4.86. The average Bonchev–Trinajstić information content (AvgIpc) is 2.96. The molecule has 4 rings (SSSR count). The van der Waals surface area contributed by atoms with Gasteiger partial charge in [0.05, 0.1) is 10.8 Å². The lowest BCUT2D eigenvalue weighted by Crippen LogP contribution is -2.59. The van der Waals surface area contributed by atoms with Crippen LogP contribution in [-0.4, -0.2) is 83.6 Å². The Bertz CT molecular complexity index is 1450. The van der Waals surface area contributed by atoms with E-state index in [1.165, 1.54) is 4.31 Å². The van der Waals surface area contributed by atoms with Crippen LogP contribution in [-0.2, 0) is 21.4 Å². The molecule has 0 radical (unpaired) electrons. The number of pyridine rings is 1. The summed E-state index contributed by atoms with van der Waals surface area (Å²) in [4.78, 5) is 31.5. The molecule has 2 aromatic carbocycles. The number of nitrogens with one attached hydrogen (secondary N) is 2. The minimum Gasteiger partial charge on any atom is -0.489 e. The van der Waals surface area contributed by atoms with Gasteiger partial charge in [0.25, 0.3) is 11.8 Å². The molecule has 12 heteroatoms. The Labute approximate surface area is 234 Å². The fourth-order valence-corrected chi connectivity index (χ4v) is 5.97. The number of benzene rings is 2. The number of piperazine rings is 1. The zero-order chi connectivity index (χ0) is 28.9. The summed E-state index contributed by atoms with van der Waals surface area (Å²) in [6.45, 7) is 6.50. The summed E-state index contributed by atoms with van der Waals surface area (Å²) in [7, 11) is -3.40. The molecule has 1 aromatic heterocycles. The van der Waals surface area contributed by atoms with Crippen LogP contribution in [0, 0.1) is 6.92 Å². The number of fused-ring (bicyclic) bond motifs is 1. The van der Waals surface area contributed by atoms with Crippen LogP contribution in [0.25, 0.3) is 10.9 Å². The maximum absolute atomic E-state index is 12.8. The summed E-state index contributed by atoms with van der Waals surface area (Å²) in [6.07, 6.45) is 0. The fraction of sp³-hybridized carbons (Fsp3) is 0.393. The van der Waals surface area contributed by atoms with Crippen molar-refractivity contribution < 1.29 is 28.0 Å². The largest absolute Gasteiger partial charge is 0.489 e. The number of nitrogens with zero attached hydrogens (tertiary/aromatic N) is 3. The SMILES string of the molecule is Cc1cc(COc2ccc(C(=O)NC[C@@H](C(=O)NO)N3CCN(S(=O)(=O)C(C)C)CC3)cc2)c2ccccc2n1. The topological polar surface area (TPSA) is 141 Å². The molecule has 2 heterocycles. The van der Waals surface area contributed by atoms with Crippen molar-refractivity contribution in [3.05, 3.63) is 71.4 Å². The quantitative estimate of drug-likeness (QED) is 0.249. The van der Waals surface area contributed by atoms with E-state index in [0.717, 1.165) is 22.2 Å². The van der Waals surface area contributed by atoms with Crippen molar-refractivity contribution >= 4 is 32.7 Å². The van der Waals surface area contributed by atoms with Gasteiger partial charge < -0.3 is 10.1 Å². The van der Waals surface area contributed by atoms with Gasteiger partial charge in [0, 0.05) is 54.9 Å². The van der Waals surface area contributed by atoms with E-state index in [1.807, 2.05) is 37.3 Å². The van der Waals surface area contributed by atoms with Crippen molar-refractivity contribution in [3.8, 4) is 5.75 Å². The van der Waals surface area contributed by atoms with Gasteiger partial charge in [0.1, 0.15) is 18.4 Å². The summed E-state index contributed by atoms with van der Waals surface area (Å²) >= 11 is 0. The first-order valence-electron chi connectivity index (χ1n) is 13.1. The number of hydrogen-bond donors (Lipinski definition) is 3. The third-order valence-corrected chi connectivity index (χ3v) is 9.26. The lowest BCUT2D eigenvalue weighted by Gasteiger charge is -2.38. The molecule has 3 aromatic rings. The molecule has 1 atom stereocenters. The van der Waals surface area contributed by atoms with E-state index < -0.39 is 27.2 Å². The molecule has 214 valence electrons. The molecule has 1 aliphatic rings. The maximum atomic E-state index is 12.8. The van der Waals surface area contributed by atoms with Gasteiger partial charge in [-0.1, -0.05) is 18.2 Å². The molecule has 0 bridgehead atoms. The van der Waals surface area contributed by atoms with Gasteiger partial charge in [-0.25, -0.2) is 13.9 Å². The first kappa shape index (κ1) is 29.4. The van der Waals surface area contributed by atoms with Crippen LogP contribution < -0.4 is 15.5 Å². The number of hydrogen-bond acceptors (Lipinski definition) is 8. The number of aromatic nitrogens is 1. The lowest BCUT2D eigenvalue weighted by molar-refractivity contribution is -0.135. The van der Waals surface area contributed by atoms with Crippen LogP contribution in [0.2, 0.25) is 0 Å².